The van der Waals surface area contributed by atoms with Gasteiger partial charge in [-0.15, -0.1) is 0 Å². The van der Waals surface area contributed by atoms with Gasteiger partial charge < -0.3 is 24.1 Å². The van der Waals surface area contributed by atoms with Crippen molar-refractivity contribution in [3.05, 3.63) is 48.1 Å². The quantitative estimate of drug-likeness (QED) is 0.590. The molecule has 2 aliphatic rings. The normalized spacial score (nSPS) is 23.9. The van der Waals surface area contributed by atoms with Crippen LogP contribution in [0.3, 0.4) is 0 Å². The van der Waals surface area contributed by atoms with E-state index in [0.717, 1.165) is 34.9 Å². The van der Waals surface area contributed by atoms with Crippen molar-refractivity contribution in [2.45, 2.75) is 50.7 Å². The van der Waals surface area contributed by atoms with Crippen LogP contribution in [0.15, 0.2) is 40.9 Å². The number of halogens is 1. The van der Waals surface area contributed by atoms with Crippen LogP contribution in [0.1, 0.15) is 44.1 Å². The molecule has 0 bridgehead atoms. The van der Waals surface area contributed by atoms with Gasteiger partial charge in [-0.05, 0) is 36.5 Å². The third-order valence-electron chi connectivity index (χ3n) is 7.06. The van der Waals surface area contributed by atoms with Crippen LogP contribution in [0.25, 0.3) is 22.2 Å². The highest BCUT2D eigenvalue weighted by atomic mass is 19.1. The number of ether oxygens (including phenoxy) is 1. The molecule has 1 amide bonds. The first-order valence-electron chi connectivity index (χ1n) is 11.4. The smallest absolute Gasteiger partial charge is 0.309 e. The zero-order chi connectivity index (χ0) is 23.1. The molecule has 4 unspecified atom stereocenters. The lowest BCUT2D eigenvalue weighted by molar-refractivity contribution is -0.169. The zero-order valence-corrected chi connectivity index (χ0v) is 18.4. The lowest BCUT2D eigenvalue weighted by Gasteiger charge is -2.46. The predicted molar refractivity (Wildman–Crippen MR) is 119 cm³/mol. The van der Waals surface area contributed by atoms with Crippen LogP contribution in [-0.4, -0.2) is 52.2 Å². The largest absolute Gasteiger partial charge is 0.481 e. The number of carbonyl (C=O) groups is 2. The van der Waals surface area contributed by atoms with Crippen molar-refractivity contribution < 1.29 is 28.2 Å². The Morgan fingerprint density at radius 1 is 1.27 bits per heavy atom. The average molecular weight is 454 g/mol. The van der Waals surface area contributed by atoms with Crippen molar-refractivity contribution in [2.24, 2.45) is 5.92 Å². The van der Waals surface area contributed by atoms with Crippen molar-refractivity contribution in [2.75, 3.05) is 13.2 Å². The summed E-state index contributed by atoms with van der Waals surface area (Å²) >= 11 is 0. The number of aromatic nitrogens is 1. The molecular weight excluding hydrogens is 427 g/mol. The highest BCUT2D eigenvalue weighted by Gasteiger charge is 2.44. The van der Waals surface area contributed by atoms with Crippen molar-refractivity contribution in [1.29, 1.82) is 0 Å². The Kier molecular flexibility index (Phi) is 5.70. The van der Waals surface area contributed by atoms with E-state index in [1.807, 2.05) is 36.2 Å². The molecule has 5 rings (SSSR count). The number of carboxylic acids is 1. The Balaban J connectivity index is 1.39. The maximum atomic E-state index is 13.5. The summed E-state index contributed by atoms with van der Waals surface area (Å²) in [5.74, 6) is -1.08. The van der Waals surface area contributed by atoms with Gasteiger partial charge in [0.15, 0.2) is 0 Å². The Bertz CT molecular complexity index is 1180. The first-order valence-corrected chi connectivity index (χ1v) is 11.4. The number of benzene rings is 1. The van der Waals surface area contributed by atoms with Gasteiger partial charge in [0.05, 0.1) is 24.7 Å². The minimum absolute atomic E-state index is 0.00251. The number of rotatable bonds is 5. The number of fused-ring (bicyclic) bond motifs is 2. The number of aliphatic carboxylic acids is 1. The fraction of sp³-hybridized carbons (Fsp3) is 0.440. The number of hydrogen-bond donors (Lipinski definition) is 2. The summed E-state index contributed by atoms with van der Waals surface area (Å²) in [6, 6.07) is 7.76. The Hall–Kier alpha value is -3.13. The number of hydrogen-bond acceptors (Lipinski definition) is 4. The summed E-state index contributed by atoms with van der Waals surface area (Å²) < 4.78 is 24.6. The van der Waals surface area contributed by atoms with E-state index in [1.165, 1.54) is 6.07 Å². The Morgan fingerprint density at radius 3 is 2.88 bits per heavy atom. The standard InChI is InChI=1S/C25H27FN2O5/c1-14(12-22(29)28-10-11-32-24-16(25(30)31)5-3-7-19(24)28)17-13-27-18-6-2-4-15(23(17)18)20-8-9-21(26)33-20/h2,4,6,8-9,13-14,16,19,24,27H,3,5,7,10-12H2,1H3,(H,30,31). The van der Waals surface area contributed by atoms with Crippen LogP contribution in [0.4, 0.5) is 4.39 Å². The first kappa shape index (κ1) is 21.7. The van der Waals surface area contributed by atoms with Crippen molar-refractivity contribution in [3.8, 4) is 11.3 Å². The topological polar surface area (TPSA) is 95.8 Å². The molecule has 8 heteroatoms. The number of H-pyrrole nitrogens is 1. The van der Waals surface area contributed by atoms with Crippen molar-refractivity contribution in [1.82, 2.24) is 9.88 Å². The number of carbonyl (C=O) groups excluding carboxylic acids is 1. The number of aromatic amines is 1. The molecule has 1 aliphatic heterocycles. The van der Waals surface area contributed by atoms with E-state index in [9.17, 15) is 19.1 Å². The lowest BCUT2D eigenvalue weighted by Crippen LogP contribution is -2.58. The van der Waals surface area contributed by atoms with E-state index < -0.39 is 24.0 Å². The molecule has 2 N–H and O–H groups in total. The molecule has 3 aromatic rings. The van der Waals surface area contributed by atoms with Gasteiger partial charge in [-0.1, -0.05) is 25.5 Å². The minimum Gasteiger partial charge on any atom is -0.481 e. The summed E-state index contributed by atoms with van der Waals surface area (Å²) in [6.45, 7) is 2.83. The second-order valence-corrected chi connectivity index (χ2v) is 9.05. The van der Waals surface area contributed by atoms with Crippen LogP contribution in [0, 0.1) is 11.9 Å². The van der Waals surface area contributed by atoms with Crippen LogP contribution in [0.5, 0.6) is 0 Å². The molecule has 1 aliphatic carbocycles. The molecule has 2 aromatic heterocycles. The summed E-state index contributed by atoms with van der Waals surface area (Å²) in [4.78, 5) is 30.1. The molecule has 3 heterocycles. The van der Waals surface area contributed by atoms with Gasteiger partial charge in [0, 0.05) is 41.7 Å². The summed E-state index contributed by atoms with van der Waals surface area (Å²) in [6.07, 6.45) is 3.85. The molecule has 1 saturated heterocycles. The number of morpholine rings is 1. The predicted octanol–water partition coefficient (Wildman–Crippen LogP) is 4.54. The summed E-state index contributed by atoms with van der Waals surface area (Å²) in [5, 5.41) is 10.5. The number of furan rings is 1. The van der Waals surface area contributed by atoms with Crippen LogP contribution in [-0.2, 0) is 14.3 Å². The second-order valence-electron chi connectivity index (χ2n) is 9.05. The minimum atomic E-state index is -0.854. The summed E-state index contributed by atoms with van der Waals surface area (Å²) in [7, 11) is 0. The van der Waals surface area contributed by atoms with Crippen LogP contribution >= 0.6 is 0 Å². The number of carboxylic acid groups (broad SMARTS) is 1. The van der Waals surface area contributed by atoms with Gasteiger partial charge in [-0.2, -0.15) is 4.39 Å². The van der Waals surface area contributed by atoms with E-state index in [-0.39, 0.29) is 24.3 Å². The van der Waals surface area contributed by atoms with Gasteiger partial charge >= 0.3 is 5.97 Å². The Morgan fingerprint density at radius 2 is 2.12 bits per heavy atom. The highest BCUT2D eigenvalue weighted by molar-refractivity contribution is 5.97. The van der Waals surface area contributed by atoms with Gasteiger partial charge in [-0.25, -0.2) is 0 Å². The zero-order valence-electron chi connectivity index (χ0n) is 18.4. The van der Waals surface area contributed by atoms with Gasteiger partial charge in [0.1, 0.15) is 5.76 Å². The fourth-order valence-corrected chi connectivity index (χ4v) is 5.48. The van der Waals surface area contributed by atoms with E-state index in [1.54, 1.807) is 6.07 Å². The third-order valence-corrected chi connectivity index (χ3v) is 7.06. The monoisotopic (exact) mass is 454 g/mol. The molecule has 1 saturated carbocycles. The molecule has 7 nitrogen and oxygen atoms in total. The molecule has 174 valence electrons. The maximum absolute atomic E-state index is 13.5. The molecule has 1 aromatic carbocycles. The molecular formula is C25H27FN2O5. The van der Waals surface area contributed by atoms with Crippen LogP contribution in [0.2, 0.25) is 0 Å². The second kappa shape index (κ2) is 8.67. The van der Waals surface area contributed by atoms with Gasteiger partial charge in [0.25, 0.3) is 6.01 Å². The molecule has 2 fully saturated rings. The number of nitrogens with one attached hydrogen (secondary N) is 1. The Labute approximate surface area is 190 Å². The first-order chi connectivity index (χ1) is 15.9. The summed E-state index contributed by atoms with van der Waals surface area (Å²) in [5.41, 5.74) is 2.62. The van der Waals surface area contributed by atoms with Crippen molar-refractivity contribution in [3.63, 3.8) is 0 Å². The van der Waals surface area contributed by atoms with E-state index in [4.69, 9.17) is 9.15 Å². The molecule has 0 spiro atoms. The molecule has 4 atom stereocenters. The van der Waals surface area contributed by atoms with Crippen LogP contribution < -0.4 is 0 Å². The maximum Gasteiger partial charge on any atom is 0.309 e. The van der Waals surface area contributed by atoms with Crippen molar-refractivity contribution >= 4 is 22.8 Å². The average Bonchev–Trinajstić information content (AvgIpc) is 3.44. The van der Waals surface area contributed by atoms with E-state index >= 15 is 0 Å². The van der Waals surface area contributed by atoms with Gasteiger partial charge in [0.2, 0.25) is 5.91 Å². The molecule has 33 heavy (non-hydrogen) atoms. The molecule has 0 radical (unpaired) electrons. The van der Waals surface area contributed by atoms with E-state index in [2.05, 4.69) is 4.98 Å². The van der Waals surface area contributed by atoms with Gasteiger partial charge in [-0.3, -0.25) is 9.59 Å². The van der Waals surface area contributed by atoms with E-state index in [0.29, 0.717) is 25.3 Å². The lowest BCUT2D eigenvalue weighted by atomic mass is 9.81. The number of amides is 1. The highest BCUT2D eigenvalue weighted by Crippen LogP contribution is 2.38. The number of nitrogens with zero attached hydrogens (tertiary/aromatic N) is 1. The third kappa shape index (κ3) is 3.93. The fourth-order valence-electron chi connectivity index (χ4n) is 5.48. The SMILES string of the molecule is CC(CC(=O)N1CCOC2C(C(=O)O)CCCC21)c1c[nH]c2cccc(-c3ccc(F)o3)c12.